The molecule has 0 amide bonds. The van der Waals surface area contributed by atoms with Crippen molar-refractivity contribution < 1.29 is 4.74 Å². The molecule has 1 rings (SSSR count). The standard InChI is InChI=1S/C15H22N2OS/c1-13(8-11-19-3)17(2)9-10-18-15-7-5-4-6-14(15)12-16/h4-7,13H,8-11H2,1-3H3. The number of thioether (sulfide) groups is 1. The van der Waals surface area contributed by atoms with Gasteiger partial charge in [0, 0.05) is 12.6 Å². The Balaban J connectivity index is 2.35. The summed E-state index contributed by atoms with van der Waals surface area (Å²) in [7, 11) is 2.12. The molecule has 1 aromatic rings. The number of para-hydroxylation sites is 1. The number of nitriles is 1. The minimum atomic E-state index is 0.558. The predicted octanol–water partition coefficient (Wildman–Crippen LogP) is 3.01. The van der Waals surface area contributed by atoms with Gasteiger partial charge in [-0.3, -0.25) is 0 Å². The van der Waals surface area contributed by atoms with Gasteiger partial charge in [0.05, 0.1) is 5.56 Å². The zero-order valence-corrected chi connectivity index (χ0v) is 12.7. The molecule has 1 aromatic carbocycles. The summed E-state index contributed by atoms with van der Waals surface area (Å²) in [6, 6.07) is 10.1. The monoisotopic (exact) mass is 278 g/mol. The Bertz CT molecular complexity index is 417. The van der Waals surface area contributed by atoms with Gasteiger partial charge in [0.15, 0.2) is 0 Å². The largest absolute Gasteiger partial charge is 0.491 e. The van der Waals surface area contributed by atoms with Crippen LogP contribution in [-0.4, -0.2) is 43.1 Å². The molecule has 0 fully saturated rings. The van der Waals surface area contributed by atoms with Crippen molar-refractivity contribution in [3.8, 4) is 11.8 Å². The smallest absolute Gasteiger partial charge is 0.137 e. The van der Waals surface area contributed by atoms with Crippen LogP contribution in [0.2, 0.25) is 0 Å². The third-order valence-corrected chi connectivity index (χ3v) is 3.85. The number of ether oxygens (including phenoxy) is 1. The summed E-state index contributed by atoms with van der Waals surface area (Å²) < 4.78 is 5.68. The minimum absolute atomic E-state index is 0.558. The highest BCUT2D eigenvalue weighted by atomic mass is 32.2. The number of likely N-dealkylation sites (N-methyl/N-ethyl adjacent to an activating group) is 1. The first kappa shape index (κ1) is 15.9. The summed E-state index contributed by atoms with van der Waals surface area (Å²) in [5, 5.41) is 8.97. The molecule has 0 saturated heterocycles. The van der Waals surface area contributed by atoms with Crippen molar-refractivity contribution >= 4 is 11.8 Å². The first-order valence-electron chi connectivity index (χ1n) is 6.50. The maximum Gasteiger partial charge on any atom is 0.137 e. The second-order valence-electron chi connectivity index (χ2n) is 4.57. The van der Waals surface area contributed by atoms with E-state index in [1.54, 1.807) is 6.07 Å². The van der Waals surface area contributed by atoms with Gasteiger partial charge < -0.3 is 9.64 Å². The van der Waals surface area contributed by atoms with E-state index in [-0.39, 0.29) is 0 Å². The van der Waals surface area contributed by atoms with E-state index in [2.05, 4.69) is 31.2 Å². The number of hydrogen-bond donors (Lipinski definition) is 0. The Kier molecular flexibility index (Phi) is 7.39. The quantitative estimate of drug-likeness (QED) is 0.732. The number of hydrogen-bond acceptors (Lipinski definition) is 4. The molecule has 0 aliphatic carbocycles. The summed E-state index contributed by atoms with van der Waals surface area (Å²) in [5.74, 6) is 1.86. The summed E-state index contributed by atoms with van der Waals surface area (Å²) in [6.45, 7) is 3.72. The van der Waals surface area contributed by atoms with Crippen LogP contribution in [0.1, 0.15) is 18.9 Å². The molecule has 0 radical (unpaired) electrons. The van der Waals surface area contributed by atoms with Crippen LogP contribution in [-0.2, 0) is 0 Å². The molecule has 0 aliphatic rings. The summed E-state index contributed by atoms with van der Waals surface area (Å²) in [4.78, 5) is 2.30. The lowest BCUT2D eigenvalue weighted by Gasteiger charge is -2.24. The van der Waals surface area contributed by atoms with Crippen LogP contribution in [0.25, 0.3) is 0 Å². The van der Waals surface area contributed by atoms with Crippen LogP contribution in [0.5, 0.6) is 5.75 Å². The van der Waals surface area contributed by atoms with Gasteiger partial charge in [0.1, 0.15) is 18.4 Å². The van der Waals surface area contributed by atoms with E-state index in [0.717, 1.165) is 6.54 Å². The lowest BCUT2D eigenvalue weighted by atomic mass is 10.2. The number of benzene rings is 1. The number of nitrogens with zero attached hydrogens (tertiary/aromatic N) is 2. The van der Waals surface area contributed by atoms with Gasteiger partial charge in [0.25, 0.3) is 0 Å². The van der Waals surface area contributed by atoms with Crippen LogP contribution in [0.3, 0.4) is 0 Å². The van der Waals surface area contributed by atoms with Gasteiger partial charge in [0.2, 0.25) is 0 Å². The fourth-order valence-electron chi connectivity index (χ4n) is 1.71. The van der Waals surface area contributed by atoms with Gasteiger partial charge >= 0.3 is 0 Å². The van der Waals surface area contributed by atoms with E-state index >= 15 is 0 Å². The molecular formula is C15H22N2OS. The van der Waals surface area contributed by atoms with Crippen LogP contribution in [0, 0.1) is 11.3 Å². The summed E-state index contributed by atoms with van der Waals surface area (Å²) >= 11 is 1.88. The zero-order valence-electron chi connectivity index (χ0n) is 11.9. The van der Waals surface area contributed by atoms with Gasteiger partial charge in [-0.2, -0.15) is 17.0 Å². The van der Waals surface area contributed by atoms with Crippen LogP contribution >= 0.6 is 11.8 Å². The molecule has 0 bridgehead atoms. The van der Waals surface area contributed by atoms with Gasteiger partial charge in [-0.1, -0.05) is 12.1 Å². The molecular weight excluding hydrogens is 256 g/mol. The molecule has 0 aromatic heterocycles. The highest BCUT2D eigenvalue weighted by Crippen LogP contribution is 2.16. The Morgan fingerprint density at radius 3 is 2.84 bits per heavy atom. The van der Waals surface area contributed by atoms with E-state index < -0.39 is 0 Å². The highest BCUT2D eigenvalue weighted by molar-refractivity contribution is 7.98. The average Bonchev–Trinajstić information content (AvgIpc) is 2.45. The molecule has 3 nitrogen and oxygen atoms in total. The number of rotatable bonds is 8. The predicted molar refractivity (Wildman–Crippen MR) is 81.7 cm³/mol. The first-order valence-corrected chi connectivity index (χ1v) is 7.89. The first-order chi connectivity index (χ1) is 9.19. The molecule has 1 unspecified atom stereocenters. The second kappa shape index (κ2) is 8.84. The van der Waals surface area contributed by atoms with Crippen molar-refractivity contribution in [1.29, 1.82) is 5.26 Å². The molecule has 0 heterocycles. The van der Waals surface area contributed by atoms with E-state index in [0.29, 0.717) is 24.0 Å². The molecule has 19 heavy (non-hydrogen) atoms. The van der Waals surface area contributed by atoms with E-state index in [9.17, 15) is 0 Å². The summed E-state index contributed by atoms with van der Waals surface area (Å²) in [5.41, 5.74) is 0.598. The Morgan fingerprint density at radius 1 is 1.42 bits per heavy atom. The van der Waals surface area contributed by atoms with Crippen molar-refractivity contribution in [2.24, 2.45) is 0 Å². The Hall–Kier alpha value is -1.18. The van der Waals surface area contributed by atoms with Gasteiger partial charge in [-0.15, -0.1) is 0 Å². The van der Waals surface area contributed by atoms with E-state index in [1.165, 1.54) is 12.2 Å². The zero-order chi connectivity index (χ0) is 14.1. The van der Waals surface area contributed by atoms with Crippen molar-refractivity contribution in [3.05, 3.63) is 29.8 Å². The fourth-order valence-corrected chi connectivity index (χ4v) is 2.29. The molecule has 104 valence electrons. The van der Waals surface area contributed by atoms with Gasteiger partial charge in [-0.25, -0.2) is 0 Å². The molecule has 1 atom stereocenters. The molecule has 0 aliphatic heterocycles. The second-order valence-corrected chi connectivity index (χ2v) is 5.55. The fraction of sp³-hybridized carbons (Fsp3) is 0.533. The maximum atomic E-state index is 8.97. The van der Waals surface area contributed by atoms with Crippen molar-refractivity contribution in [2.45, 2.75) is 19.4 Å². The maximum absolute atomic E-state index is 8.97. The molecule has 0 saturated carbocycles. The van der Waals surface area contributed by atoms with Crippen molar-refractivity contribution in [2.75, 3.05) is 32.2 Å². The Labute approximate surface area is 120 Å². The third-order valence-electron chi connectivity index (χ3n) is 3.20. The third kappa shape index (κ3) is 5.54. The van der Waals surface area contributed by atoms with Crippen molar-refractivity contribution in [3.63, 3.8) is 0 Å². The molecule has 4 heteroatoms. The van der Waals surface area contributed by atoms with Crippen LogP contribution in [0.4, 0.5) is 0 Å². The topological polar surface area (TPSA) is 36.3 Å². The van der Waals surface area contributed by atoms with Gasteiger partial charge in [-0.05, 0) is 44.5 Å². The van der Waals surface area contributed by atoms with Crippen LogP contribution in [0.15, 0.2) is 24.3 Å². The highest BCUT2D eigenvalue weighted by Gasteiger charge is 2.09. The SMILES string of the molecule is CSCCC(C)N(C)CCOc1ccccc1C#N. The minimum Gasteiger partial charge on any atom is -0.491 e. The average molecular weight is 278 g/mol. The lowest BCUT2D eigenvalue weighted by molar-refractivity contribution is 0.197. The normalized spacial score (nSPS) is 12.2. The van der Waals surface area contributed by atoms with E-state index in [1.807, 2.05) is 30.0 Å². The Morgan fingerprint density at radius 2 is 2.16 bits per heavy atom. The summed E-state index contributed by atoms with van der Waals surface area (Å²) in [6.07, 6.45) is 3.32. The van der Waals surface area contributed by atoms with E-state index in [4.69, 9.17) is 10.00 Å². The molecule has 0 N–H and O–H groups in total. The lowest BCUT2D eigenvalue weighted by Crippen LogP contribution is -2.33. The molecule has 0 spiro atoms. The van der Waals surface area contributed by atoms with Crippen LogP contribution < -0.4 is 4.74 Å². The van der Waals surface area contributed by atoms with Crippen molar-refractivity contribution in [1.82, 2.24) is 4.90 Å².